The number of carbonyl (C=O) groups excluding carboxylic acids is 1. The molecule has 1 aromatic heterocycles. The third-order valence-corrected chi connectivity index (χ3v) is 5.57. The minimum Gasteiger partial charge on any atom is -0.463 e. The van der Waals surface area contributed by atoms with E-state index in [1.165, 1.54) is 18.4 Å². The molecule has 162 valence electrons. The van der Waals surface area contributed by atoms with E-state index in [1.54, 1.807) is 0 Å². The minimum absolute atomic E-state index is 0.0265. The van der Waals surface area contributed by atoms with Gasteiger partial charge >= 0.3 is 6.01 Å². The zero-order chi connectivity index (χ0) is 21.8. The zero-order valence-electron chi connectivity index (χ0n) is 18.0. The van der Waals surface area contributed by atoms with Crippen LogP contribution in [-0.4, -0.2) is 54.9 Å². The van der Waals surface area contributed by atoms with Crippen LogP contribution in [-0.2, 0) is 17.9 Å². The van der Waals surface area contributed by atoms with Crippen LogP contribution in [0.5, 0.6) is 6.01 Å². The molecule has 9 heteroatoms. The van der Waals surface area contributed by atoms with E-state index in [0.29, 0.717) is 31.1 Å². The maximum absolute atomic E-state index is 12.3. The van der Waals surface area contributed by atoms with Crippen LogP contribution in [0.3, 0.4) is 0 Å². The fourth-order valence-electron chi connectivity index (χ4n) is 4.00. The highest BCUT2D eigenvalue weighted by atomic mass is 16.5. The Morgan fingerprint density at radius 2 is 1.97 bits per heavy atom. The summed E-state index contributed by atoms with van der Waals surface area (Å²) in [7, 11) is 5.78. The highest BCUT2D eigenvalue weighted by Crippen LogP contribution is 2.34. The fraction of sp³-hybridized carbons (Fsp3) is 0.500. The topological polar surface area (TPSA) is 96.6 Å². The van der Waals surface area contributed by atoms with Gasteiger partial charge in [-0.2, -0.15) is 9.97 Å². The van der Waals surface area contributed by atoms with Gasteiger partial charge in [0.15, 0.2) is 11.6 Å². The summed E-state index contributed by atoms with van der Waals surface area (Å²) in [6.07, 6.45) is 3.23. The van der Waals surface area contributed by atoms with E-state index in [2.05, 4.69) is 44.5 Å². The number of nitrogens with one attached hydrogen (secondary N) is 1. The lowest BCUT2D eigenvalue weighted by Crippen LogP contribution is -2.39. The number of ether oxygens (including phenoxy) is 1. The summed E-state index contributed by atoms with van der Waals surface area (Å²) in [5, 5.41) is 2.79. The minimum atomic E-state index is -0.137. The maximum atomic E-state index is 12.3. The number of hydrogen-bond donors (Lipinski definition) is 2. The van der Waals surface area contributed by atoms with Crippen LogP contribution in [0.2, 0.25) is 5.82 Å². The molecule has 2 radical (unpaired) electrons. The molecular weight excluding hydrogens is 391 g/mol. The first-order valence-electron chi connectivity index (χ1n) is 10.9. The van der Waals surface area contributed by atoms with E-state index >= 15 is 0 Å². The van der Waals surface area contributed by atoms with Crippen LogP contribution < -0.4 is 20.7 Å². The van der Waals surface area contributed by atoms with Gasteiger partial charge in [-0.3, -0.25) is 9.69 Å². The molecule has 4 rings (SSSR count). The van der Waals surface area contributed by atoms with Gasteiger partial charge in [0, 0.05) is 13.1 Å². The summed E-state index contributed by atoms with van der Waals surface area (Å²) in [5.41, 5.74) is 8.94. The van der Waals surface area contributed by atoms with Gasteiger partial charge in [-0.25, -0.2) is 0 Å². The SMILES string of the molecule is [B][C@@H](C)CCOc1nc(N)c2c(n1)N(Cc1cccc(CN3CCCC3)c1)CC(=O)N2. The van der Waals surface area contributed by atoms with Crippen molar-refractivity contribution in [2.75, 3.05) is 42.2 Å². The second kappa shape index (κ2) is 9.55. The molecule has 1 fully saturated rings. The summed E-state index contributed by atoms with van der Waals surface area (Å²) in [6, 6.07) is 8.70. The molecule has 3 heterocycles. The number of nitrogens with zero attached hydrogens (tertiary/aromatic N) is 4. The number of nitrogens with two attached hydrogens (primary N) is 1. The van der Waals surface area contributed by atoms with Gasteiger partial charge in [0.25, 0.3) is 0 Å². The van der Waals surface area contributed by atoms with E-state index in [9.17, 15) is 4.79 Å². The van der Waals surface area contributed by atoms with Crippen LogP contribution in [0.15, 0.2) is 24.3 Å². The second-order valence-electron chi connectivity index (χ2n) is 8.41. The number of hydrogen-bond acceptors (Lipinski definition) is 7. The Labute approximate surface area is 184 Å². The first-order chi connectivity index (χ1) is 15.0. The summed E-state index contributed by atoms with van der Waals surface area (Å²) in [4.78, 5) is 25.4. The molecule has 2 aliphatic rings. The normalized spacial score (nSPS) is 17.3. The fourth-order valence-corrected chi connectivity index (χ4v) is 4.00. The molecule has 0 bridgehead atoms. The van der Waals surface area contributed by atoms with E-state index in [-0.39, 0.29) is 30.1 Å². The smallest absolute Gasteiger partial charge is 0.320 e. The van der Waals surface area contributed by atoms with Crippen molar-refractivity contribution in [3.63, 3.8) is 0 Å². The summed E-state index contributed by atoms with van der Waals surface area (Å²) in [6.45, 7) is 6.33. The van der Waals surface area contributed by atoms with Gasteiger partial charge in [-0.1, -0.05) is 37.0 Å². The van der Waals surface area contributed by atoms with Crippen molar-refractivity contribution >= 4 is 31.1 Å². The molecule has 1 amide bonds. The lowest BCUT2D eigenvalue weighted by molar-refractivity contribution is -0.115. The molecule has 0 unspecified atom stereocenters. The average molecular weight is 420 g/mol. The number of nitrogen functional groups attached to an aromatic ring is 1. The van der Waals surface area contributed by atoms with Gasteiger partial charge in [0.2, 0.25) is 5.91 Å². The Bertz CT molecular complexity index is 932. The number of fused-ring (bicyclic) bond motifs is 1. The Morgan fingerprint density at radius 3 is 2.71 bits per heavy atom. The molecule has 1 atom stereocenters. The number of aromatic nitrogens is 2. The van der Waals surface area contributed by atoms with E-state index in [4.69, 9.17) is 18.3 Å². The van der Waals surface area contributed by atoms with Crippen molar-refractivity contribution in [3.8, 4) is 6.01 Å². The number of amides is 1. The predicted octanol–water partition coefficient (Wildman–Crippen LogP) is 2.36. The van der Waals surface area contributed by atoms with Gasteiger partial charge in [0.05, 0.1) is 21.0 Å². The molecule has 0 aliphatic carbocycles. The molecule has 1 aromatic carbocycles. The van der Waals surface area contributed by atoms with Crippen LogP contribution in [0.1, 0.15) is 37.3 Å². The molecular formula is C22H29BN6O2. The standard InChI is InChI=1S/C22H29BN6O2/c1-15(23)7-10-31-22-26-20(24)19-21(27-22)29(14-18(30)25-19)13-17-6-4-5-16(11-17)12-28-8-2-3-9-28/h4-6,11,15H,2-3,7-10,12-14H2,1H3,(H,25,30)(H2,24,26,27)/t15-/m0/s1. The molecule has 1 saturated heterocycles. The predicted molar refractivity (Wildman–Crippen MR) is 122 cm³/mol. The van der Waals surface area contributed by atoms with Gasteiger partial charge in [0.1, 0.15) is 5.69 Å². The van der Waals surface area contributed by atoms with Crippen LogP contribution in [0.25, 0.3) is 0 Å². The van der Waals surface area contributed by atoms with E-state index in [0.717, 1.165) is 25.2 Å². The third kappa shape index (κ3) is 5.47. The highest BCUT2D eigenvalue weighted by molar-refractivity contribution is 6.11. The molecule has 8 nitrogen and oxygen atoms in total. The Hall–Kier alpha value is -2.81. The monoisotopic (exact) mass is 420 g/mol. The van der Waals surface area contributed by atoms with Crippen molar-refractivity contribution in [2.45, 2.75) is 45.1 Å². The number of likely N-dealkylation sites (tertiary alicyclic amines) is 1. The maximum Gasteiger partial charge on any atom is 0.320 e. The summed E-state index contributed by atoms with van der Waals surface area (Å²) >= 11 is 0. The highest BCUT2D eigenvalue weighted by Gasteiger charge is 2.27. The van der Waals surface area contributed by atoms with Gasteiger partial charge in [-0.05, 0) is 43.5 Å². The van der Waals surface area contributed by atoms with Crippen molar-refractivity contribution in [2.24, 2.45) is 0 Å². The number of rotatable bonds is 8. The molecule has 31 heavy (non-hydrogen) atoms. The van der Waals surface area contributed by atoms with Gasteiger partial charge in [-0.15, -0.1) is 0 Å². The molecule has 3 N–H and O–H groups in total. The van der Waals surface area contributed by atoms with Crippen LogP contribution in [0, 0.1) is 0 Å². The Morgan fingerprint density at radius 1 is 1.23 bits per heavy atom. The first-order valence-corrected chi connectivity index (χ1v) is 10.9. The van der Waals surface area contributed by atoms with Crippen molar-refractivity contribution in [3.05, 3.63) is 35.4 Å². The van der Waals surface area contributed by atoms with Crippen molar-refractivity contribution in [1.82, 2.24) is 14.9 Å². The summed E-state index contributed by atoms with van der Waals surface area (Å²) < 4.78 is 5.66. The third-order valence-electron chi connectivity index (χ3n) is 5.57. The molecule has 2 aliphatic heterocycles. The Balaban J connectivity index is 1.52. The number of carbonyl (C=O) groups is 1. The number of anilines is 3. The van der Waals surface area contributed by atoms with E-state index < -0.39 is 0 Å². The van der Waals surface area contributed by atoms with Crippen LogP contribution in [0.4, 0.5) is 17.3 Å². The quantitative estimate of drug-likeness (QED) is 0.633. The van der Waals surface area contributed by atoms with Crippen LogP contribution >= 0.6 is 0 Å². The number of benzene rings is 1. The van der Waals surface area contributed by atoms with Crippen molar-refractivity contribution < 1.29 is 9.53 Å². The lowest BCUT2D eigenvalue weighted by atomic mass is 9.87. The van der Waals surface area contributed by atoms with E-state index in [1.807, 2.05) is 11.8 Å². The molecule has 0 saturated carbocycles. The molecule has 0 spiro atoms. The zero-order valence-corrected chi connectivity index (χ0v) is 18.0. The lowest BCUT2D eigenvalue weighted by Gasteiger charge is -2.30. The Kier molecular flexibility index (Phi) is 6.60. The van der Waals surface area contributed by atoms with Crippen molar-refractivity contribution in [1.29, 1.82) is 0 Å². The molecule has 2 aromatic rings. The second-order valence-corrected chi connectivity index (χ2v) is 8.41. The average Bonchev–Trinajstić information content (AvgIpc) is 3.22. The summed E-state index contributed by atoms with van der Waals surface area (Å²) in [5.74, 6) is 0.662. The first kappa shape index (κ1) is 21.4. The van der Waals surface area contributed by atoms with Gasteiger partial charge < -0.3 is 20.7 Å². The largest absolute Gasteiger partial charge is 0.463 e.